The maximum absolute atomic E-state index is 11.1. The highest BCUT2D eigenvalue weighted by Gasteiger charge is 2.12. The van der Waals surface area contributed by atoms with E-state index in [-0.39, 0.29) is 5.56 Å². The predicted molar refractivity (Wildman–Crippen MR) is 71.4 cm³/mol. The molecule has 0 aliphatic heterocycles. The highest BCUT2D eigenvalue weighted by atomic mass is 16.4. The summed E-state index contributed by atoms with van der Waals surface area (Å²) in [7, 11) is 1.89. The molecule has 0 aliphatic rings. The fourth-order valence-electron chi connectivity index (χ4n) is 2.19. The van der Waals surface area contributed by atoms with Crippen LogP contribution in [-0.2, 0) is 20.0 Å². The molecule has 0 amide bonds. The van der Waals surface area contributed by atoms with Gasteiger partial charge in [0, 0.05) is 20.0 Å². The number of aromatic carboxylic acids is 1. The van der Waals surface area contributed by atoms with Crippen LogP contribution < -0.4 is 0 Å². The van der Waals surface area contributed by atoms with Gasteiger partial charge in [0.25, 0.3) is 0 Å². The number of aromatic nitrogens is 5. The molecule has 102 valence electrons. The summed E-state index contributed by atoms with van der Waals surface area (Å²) in [6.45, 7) is 0.673. The Kier molecular flexibility index (Phi) is 2.94. The van der Waals surface area contributed by atoms with E-state index in [0.717, 1.165) is 11.3 Å². The van der Waals surface area contributed by atoms with Crippen molar-refractivity contribution in [1.82, 2.24) is 24.3 Å². The molecule has 2 aromatic heterocycles. The van der Waals surface area contributed by atoms with E-state index >= 15 is 0 Å². The largest absolute Gasteiger partial charge is 0.478 e. The van der Waals surface area contributed by atoms with E-state index in [0.29, 0.717) is 18.5 Å². The van der Waals surface area contributed by atoms with Crippen LogP contribution in [-0.4, -0.2) is 35.4 Å². The molecule has 0 atom stereocenters. The quantitative estimate of drug-likeness (QED) is 0.768. The molecule has 7 heteroatoms. The summed E-state index contributed by atoms with van der Waals surface area (Å²) in [5, 5.41) is 17.0. The molecule has 0 saturated carbocycles. The zero-order valence-corrected chi connectivity index (χ0v) is 10.9. The topological polar surface area (TPSA) is 85.8 Å². The van der Waals surface area contributed by atoms with E-state index in [1.165, 1.54) is 0 Å². The van der Waals surface area contributed by atoms with Crippen LogP contribution in [0.15, 0.2) is 30.9 Å². The number of benzene rings is 1. The molecule has 0 fully saturated rings. The smallest absolute Gasteiger partial charge is 0.337 e. The summed E-state index contributed by atoms with van der Waals surface area (Å²) in [4.78, 5) is 15.3. The van der Waals surface area contributed by atoms with E-state index in [9.17, 15) is 4.79 Å². The Bertz CT molecular complexity index is 774. The Morgan fingerprint density at radius 3 is 2.90 bits per heavy atom. The van der Waals surface area contributed by atoms with Gasteiger partial charge in [-0.3, -0.25) is 0 Å². The van der Waals surface area contributed by atoms with E-state index in [1.54, 1.807) is 24.8 Å². The van der Waals surface area contributed by atoms with Crippen molar-refractivity contribution < 1.29 is 9.90 Å². The first-order valence-corrected chi connectivity index (χ1v) is 6.17. The fraction of sp³-hybridized carbons (Fsp3) is 0.231. The number of rotatable bonds is 4. The van der Waals surface area contributed by atoms with Gasteiger partial charge in [-0.25, -0.2) is 9.78 Å². The highest BCUT2D eigenvalue weighted by molar-refractivity contribution is 6.00. The second kappa shape index (κ2) is 4.76. The summed E-state index contributed by atoms with van der Waals surface area (Å²) < 4.78 is 3.79. The van der Waals surface area contributed by atoms with Gasteiger partial charge in [0.1, 0.15) is 17.7 Å². The minimum atomic E-state index is -0.964. The van der Waals surface area contributed by atoms with Gasteiger partial charge in [-0.2, -0.15) is 0 Å². The third-order valence-corrected chi connectivity index (χ3v) is 3.26. The van der Waals surface area contributed by atoms with Gasteiger partial charge in [-0.1, -0.05) is 6.07 Å². The lowest BCUT2D eigenvalue weighted by atomic mass is 10.2. The fourth-order valence-corrected chi connectivity index (χ4v) is 2.19. The van der Waals surface area contributed by atoms with Crippen molar-refractivity contribution in [2.24, 2.45) is 7.05 Å². The van der Waals surface area contributed by atoms with Gasteiger partial charge < -0.3 is 14.2 Å². The van der Waals surface area contributed by atoms with Gasteiger partial charge in [0.2, 0.25) is 0 Å². The summed E-state index contributed by atoms with van der Waals surface area (Å²) in [6.07, 6.45) is 4.02. The molecule has 20 heavy (non-hydrogen) atoms. The van der Waals surface area contributed by atoms with Crippen LogP contribution in [0, 0.1) is 0 Å². The molecule has 0 unspecified atom stereocenters. The number of carboxylic acids is 1. The van der Waals surface area contributed by atoms with Crippen molar-refractivity contribution in [2.45, 2.75) is 13.0 Å². The number of hydrogen-bond acceptors (Lipinski definition) is 4. The highest BCUT2D eigenvalue weighted by Crippen LogP contribution is 2.17. The third-order valence-electron chi connectivity index (χ3n) is 3.26. The van der Waals surface area contributed by atoms with Crippen molar-refractivity contribution in [2.75, 3.05) is 0 Å². The minimum Gasteiger partial charge on any atom is -0.478 e. The van der Waals surface area contributed by atoms with Crippen molar-refractivity contribution in [1.29, 1.82) is 0 Å². The first kappa shape index (κ1) is 12.3. The molecule has 0 saturated heterocycles. The number of hydrogen-bond donors (Lipinski definition) is 1. The number of carbonyl (C=O) groups is 1. The van der Waals surface area contributed by atoms with Crippen molar-refractivity contribution >= 4 is 17.0 Å². The predicted octanol–water partition coefficient (Wildman–Crippen LogP) is 1.11. The van der Waals surface area contributed by atoms with Crippen LogP contribution in [0.2, 0.25) is 0 Å². The second-order valence-electron chi connectivity index (χ2n) is 4.52. The maximum atomic E-state index is 11.1. The molecule has 0 spiro atoms. The van der Waals surface area contributed by atoms with E-state index in [2.05, 4.69) is 15.2 Å². The molecule has 0 aliphatic carbocycles. The lowest BCUT2D eigenvalue weighted by Crippen LogP contribution is -2.05. The van der Waals surface area contributed by atoms with Crippen LogP contribution >= 0.6 is 0 Å². The monoisotopic (exact) mass is 271 g/mol. The normalized spacial score (nSPS) is 11.1. The van der Waals surface area contributed by atoms with Gasteiger partial charge in [0.05, 0.1) is 17.4 Å². The maximum Gasteiger partial charge on any atom is 0.337 e. The molecular weight excluding hydrogens is 258 g/mol. The van der Waals surface area contributed by atoms with Crippen molar-refractivity contribution in [3.63, 3.8) is 0 Å². The van der Waals surface area contributed by atoms with Gasteiger partial charge >= 0.3 is 5.97 Å². The number of para-hydroxylation sites is 1. The lowest BCUT2D eigenvalue weighted by Gasteiger charge is -2.04. The molecule has 0 bridgehead atoms. The molecular formula is C13H13N5O2. The van der Waals surface area contributed by atoms with E-state index < -0.39 is 5.97 Å². The van der Waals surface area contributed by atoms with E-state index in [4.69, 9.17) is 5.11 Å². The zero-order chi connectivity index (χ0) is 14.1. The number of imidazole rings is 1. The molecule has 3 rings (SSSR count). The first-order valence-electron chi connectivity index (χ1n) is 6.17. The second-order valence-corrected chi connectivity index (χ2v) is 4.52. The summed E-state index contributed by atoms with van der Waals surface area (Å²) in [6, 6.07) is 5.16. The van der Waals surface area contributed by atoms with Crippen molar-refractivity contribution in [3.8, 4) is 0 Å². The van der Waals surface area contributed by atoms with Crippen LogP contribution in [0.3, 0.4) is 0 Å². The number of fused-ring (bicyclic) bond motifs is 1. The lowest BCUT2D eigenvalue weighted by molar-refractivity contribution is 0.0699. The molecule has 0 radical (unpaired) electrons. The van der Waals surface area contributed by atoms with Crippen molar-refractivity contribution in [3.05, 3.63) is 42.2 Å². The minimum absolute atomic E-state index is 0.222. The van der Waals surface area contributed by atoms with E-state index in [1.807, 2.05) is 22.2 Å². The number of carboxylic acid groups (broad SMARTS) is 1. The van der Waals surface area contributed by atoms with Gasteiger partial charge in [0.15, 0.2) is 0 Å². The molecule has 7 nitrogen and oxygen atoms in total. The molecule has 3 aromatic rings. The summed E-state index contributed by atoms with van der Waals surface area (Å²) >= 11 is 0. The average molecular weight is 271 g/mol. The summed E-state index contributed by atoms with van der Waals surface area (Å²) in [5.74, 6) is -0.0876. The van der Waals surface area contributed by atoms with Gasteiger partial charge in [-0.15, -0.1) is 10.2 Å². The first-order chi connectivity index (χ1) is 9.66. The summed E-state index contributed by atoms with van der Waals surface area (Å²) in [5.41, 5.74) is 1.55. The number of aryl methyl sites for hydroxylation is 3. The molecule has 1 N–H and O–H groups in total. The Morgan fingerprint density at radius 2 is 2.20 bits per heavy atom. The Hall–Kier alpha value is -2.70. The van der Waals surface area contributed by atoms with Gasteiger partial charge in [-0.05, 0) is 12.1 Å². The molecule has 2 heterocycles. The Morgan fingerprint density at radius 1 is 1.35 bits per heavy atom. The molecule has 1 aromatic carbocycles. The average Bonchev–Trinajstić information content (AvgIpc) is 3.02. The SMILES string of the molecule is Cn1cnnc1CCn1cnc2c(C(=O)O)cccc21. The Balaban J connectivity index is 1.91. The van der Waals surface area contributed by atoms with Crippen LogP contribution in [0.5, 0.6) is 0 Å². The van der Waals surface area contributed by atoms with Crippen LogP contribution in [0.1, 0.15) is 16.2 Å². The standard InChI is InChI=1S/C13H13N5O2/c1-17-8-15-16-11(17)5-6-18-7-14-12-9(13(19)20)3-2-4-10(12)18/h2-4,7-8H,5-6H2,1H3,(H,19,20). The van der Waals surface area contributed by atoms with Crippen LogP contribution in [0.25, 0.3) is 11.0 Å². The zero-order valence-electron chi connectivity index (χ0n) is 10.9. The van der Waals surface area contributed by atoms with Crippen LogP contribution in [0.4, 0.5) is 0 Å². The number of nitrogens with zero attached hydrogens (tertiary/aromatic N) is 5. The third kappa shape index (κ3) is 2.03. The Labute approximate surface area is 114 Å².